The zero-order valence-electron chi connectivity index (χ0n) is 20.8. The number of pyridine rings is 2. The van der Waals surface area contributed by atoms with Crippen molar-refractivity contribution >= 4 is 35.2 Å². The molecule has 0 aliphatic heterocycles. The quantitative estimate of drug-likeness (QED) is 0.336. The van der Waals surface area contributed by atoms with Crippen LogP contribution < -0.4 is 9.80 Å². The number of ether oxygens (including phenoxy) is 1. The third-order valence-corrected chi connectivity index (χ3v) is 5.59. The normalized spacial score (nSPS) is 10.5. The number of rotatable bonds is 7. The van der Waals surface area contributed by atoms with Crippen LogP contribution in [0.5, 0.6) is 0 Å². The summed E-state index contributed by atoms with van der Waals surface area (Å²) in [6, 6.07) is 11.0. The Morgan fingerprint density at radius 1 is 0.816 bits per heavy atom. The summed E-state index contributed by atoms with van der Waals surface area (Å²) in [5.74, 6) is -0.984. The summed E-state index contributed by atoms with van der Waals surface area (Å²) in [4.78, 5) is 55.3. The first-order valence-corrected chi connectivity index (χ1v) is 11.4. The fourth-order valence-electron chi connectivity index (χ4n) is 3.78. The van der Waals surface area contributed by atoms with Crippen molar-refractivity contribution in [2.45, 2.75) is 20.4 Å². The molecule has 0 aliphatic carbocycles. The average molecular weight is 515 g/mol. The van der Waals surface area contributed by atoms with Crippen LogP contribution in [0.2, 0.25) is 0 Å². The van der Waals surface area contributed by atoms with Crippen LogP contribution >= 0.6 is 0 Å². The van der Waals surface area contributed by atoms with Gasteiger partial charge in [-0.1, -0.05) is 6.07 Å². The van der Waals surface area contributed by atoms with Gasteiger partial charge in [-0.15, -0.1) is 0 Å². The number of carbonyl (C=O) groups excluding carboxylic acids is 3. The maximum absolute atomic E-state index is 14.9. The van der Waals surface area contributed by atoms with Gasteiger partial charge in [0.15, 0.2) is 5.82 Å². The fourth-order valence-corrected chi connectivity index (χ4v) is 3.78. The third kappa shape index (κ3) is 5.67. The van der Waals surface area contributed by atoms with E-state index >= 15 is 0 Å². The predicted molar refractivity (Wildman–Crippen MR) is 137 cm³/mol. The molecule has 0 fully saturated rings. The Kier molecular flexibility index (Phi) is 7.76. The average Bonchev–Trinajstić information content (AvgIpc) is 2.92. The number of aromatic nitrogens is 4. The summed E-state index contributed by atoms with van der Waals surface area (Å²) in [5.41, 5.74) is 1.85. The molecule has 192 valence electrons. The van der Waals surface area contributed by atoms with Crippen molar-refractivity contribution in [2.75, 3.05) is 16.9 Å². The lowest BCUT2D eigenvalue weighted by Gasteiger charge is -2.23. The molecule has 3 aromatic heterocycles. The number of methoxy groups -OCH3 is 1. The van der Waals surface area contributed by atoms with Crippen LogP contribution in [0.25, 0.3) is 11.1 Å². The first-order chi connectivity index (χ1) is 18.3. The van der Waals surface area contributed by atoms with Gasteiger partial charge in [0.1, 0.15) is 17.5 Å². The lowest BCUT2D eigenvalue weighted by atomic mass is 10.1. The van der Waals surface area contributed by atoms with Crippen molar-refractivity contribution in [3.63, 3.8) is 0 Å². The highest BCUT2D eigenvalue weighted by atomic mass is 19.1. The van der Waals surface area contributed by atoms with Crippen LogP contribution in [-0.4, -0.2) is 44.8 Å². The summed E-state index contributed by atoms with van der Waals surface area (Å²) >= 11 is 0. The molecule has 4 rings (SSSR count). The molecule has 3 heterocycles. The Balaban J connectivity index is 1.69. The van der Waals surface area contributed by atoms with Gasteiger partial charge < -0.3 is 9.64 Å². The van der Waals surface area contributed by atoms with Crippen LogP contribution in [0, 0.1) is 5.82 Å². The minimum atomic E-state index is -0.634. The molecule has 0 saturated carbocycles. The first kappa shape index (κ1) is 26.0. The summed E-state index contributed by atoms with van der Waals surface area (Å²) in [7, 11) is 1.23. The molecule has 38 heavy (non-hydrogen) atoms. The van der Waals surface area contributed by atoms with E-state index in [1.165, 1.54) is 51.7 Å². The summed E-state index contributed by atoms with van der Waals surface area (Å²) in [6.45, 7) is 2.63. The molecular weight excluding hydrogens is 491 g/mol. The maximum Gasteiger partial charge on any atom is 0.337 e. The van der Waals surface area contributed by atoms with E-state index in [1.54, 1.807) is 41.6 Å². The molecule has 1 aromatic carbocycles. The van der Waals surface area contributed by atoms with E-state index in [4.69, 9.17) is 0 Å². The van der Waals surface area contributed by atoms with E-state index < -0.39 is 23.6 Å². The van der Waals surface area contributed by atoms with E-state index in [0.29, 0.717) is 22.8 Å². The molecule has 2 amide bonds. The Morgan fingerprint density at radius 2 is 1.58 bits per heavy atom. The molecule has 0 N–H and O–H groups in total. The number of nitrogens with zero attached hydrogens (tertiary/aromatic N) is 6. The second kappa shape index (κ2) is 11.3. The molecule has 0 aliphatic rings. The summed E-state index contributed by atoms with van der Waals surface area (Å²) in [6.07, 6.45) is 7.71. The Labute approximate surface area is 217 Å². The molecule has 0 saturated heterocycles. The second-order valence-electron chi connectivity index (χ2n) is 8.13. The van der Waals surface area contributed by atoms with E-state index in [1.807, 2.05) is 0 Å². The number of imide groups is 1. The zero-order valence-corrected chi connectivity index (χ0v) is 20.8. The van der Waals surface area contributed by atoms with E-state index in [9.17, 15) is 18.8 Å². The molecule has 0 bridgehead atoms. The predicted octanol–water partition coefficient (Wildman–Crippen LogP) is 4.10. The number of amides is 2. The van der Waals surface area contributed by atoms with Crippen molar-refractivity contribution in [1.29, 1.82) is 0 Å². The van der Waals surface area contributed by atoms with Crippen LogP contribution in [0.1, 0.15) is 29.8 Å². The van der Waals surface area contributed by atoms with Crippen molar-refractivity contribution in [1.82, 2.24) is 19.9 Å². The molecule has 11 heteroatoms. The van der Waals surface area contributed by atoms with E-state index in [2.05, 4.69) is 24.7 Å². The van der Waals surface area contributed by atoms with Gasteiger partial charge >= 0.3 is 5.97 Å². The third-order valence-electron chi connectivity index (χ3n) is 5.59. The highest BCUT2D eigenvalue weighted by molar-refractivity contribution is 6.12. The Hall–Kier alpha value is -5.06. The zero-order chi connectivity index (χ0) is 27.2. The van der Waals surface area contributed by atoms with Crippen molar-refractivity contribution in [2.24, 2.45) is 0 Å². The Bertz CT molecular complexity index is 1470. The van der Waals surface area contributed by atoms with Gasteiger partial charge in [-0.05, 0) is 42.0 Å². The standard InChI is InChI=1S/C27H23FN6O4/c1-17(35)34(18(2)36)24-7-6-21(14-32-24)19-8-9-30-25(13-19)33(26-15-29-10-11-31-26)16-22-5-4-20(12-23(22)28)27(37)38-3/h4-15H,16H2,1-3H3. The monoisotopic (exact) mass is 514 g/mol. The number of hydrogen-bond donors (Lipinski definition) is 0. The molecule has 4 aromatic rings. The number of benzene rings is 1. The van der Waals surface area contributed by atoms with Crippen LogP contribution in [-0.2, 0) is 20.9 Å². The minimum Gasteiger partial charge on any atom is -0.465 e. The first-order valence-electron chi connectivity index (χ1n) is 11.4. The highest BCUT2D eigenvalue weighted by Crippen LogP contribution is 2.29. The van der Waals surface area contributed by atoms with Crippen molar-refractivity contribution in [3.05, 3.63) is 90.4 Å². The maximum atomic E-state index is 14.9. The molecule has 10 nitrogen and oxygen atoms in total. The van der Waals surface area contributed by atoms with Crippen LogP contribution in [0.3, 0.4) is 0 Å². The highest BCUT2D eigenvalue weighted by Gasteiger charge is 2.19. The van der Waals surface area contributed by atoms with Gasteiger partial charge in [-0.2, -0.15) is 0 Å². The van der Waals surface area contributed by atoms with E-state index in [0.717, 1.165) is 16.5 Å². The topological polar surface area (TPSA) is 118 Å². The molecular formula is C27H23FN6O4. The fraction of sp³-hybridized carbons (Fsp3) is 0.148. The smallest absolute Gasteiger partial charge is 0.337 e. The lowest BCUT2D eigenvalue weighted by Crippen LogP contribution is -2.33. The van der Waals surface area contributed by atoms with Gasteiger partial charge in [0.2, 0.25) is 11.8 Å². The number of anilines is 3. The SMILES string of the molecule is COC(=O)c1ccc(CN(c2cnccn2)c2cc(-c3ccc(N(C(C)=O)C(C)=O)nc3)ccn2)c(F)c1. The lowest BCUT2D eigenvalue weighted by molar-refractivity contribution is -0.124. The summed E-state index contributed by atoms with van der Waals surface area (Å²) in [5, 5.41) is 0. The van der Waals surface area contributed by atoms with Crippen molar-refractivity contribution in [3.8, 4) is 11.1 Å². The van der Waals surface area contributed by atoms with E-state index in [-0.39, 0.29) is 17.9 Å². The second-order valence-corrected chi connectivity index (χ2v) is 8.13. The van der Waals surface area contributed by atoms with Gasteiger partial charge in [-0.3, -0.25) is 14.6 Å². The summed E-state index contributed by atoms with van der Waals surface area (Å²) < 4.78 is 19.6. The molecule has 0 unspecified atom stereocenters. The van der Waals surface area contributed by atoms with Crippen LogP contribution in [0.4, 0.5) is 21.8 Å². The number of carbonyl (C=O) groups is 3. The number of halogens is 1. The number of esters is 1. The van der Waals surface area contributed by atoms with Gasteiger partial charge in [-0.25, -0.2) is 29.0 Å². The van der Waals surface area contributed by atoms with Gasteiger partial charge in [0.05, 0.1) is 25.4 Å². The largest absolute Gasteiger partial charge is 0.465 e. The van der Waals surface area contributed by atoms with Gasteiger partial charge in [0.25, 0.3) is 0 Å². The van der Waals surface area contributed by atoms with Crippen molar-refractivity contribution < 1.29 is 23.5 Å². The van der Waals surface area contributed by atoms with Crippen LogP contribution in [0.15, 0.2) is 73.4 Å². The molecule has 0 radical (unpaired) electrons. The molecule has 0 atom stereocenters. The Morgan fingerprint density at radius 3 is 2.18 bits per heavy atom. The number of hydrogen-bond acceptors (Lipinski definition) is 9. The minimum absolute atomic E-state index is 0.0474. The molecule has 0 spiro atoms. The van der Waals surface area contributed by atoms with Gasteiger partial charge in [0, 0.05) is 49.8 Å².